The van der Waals surface area contributed by atoms with Crippen LogP contribution in [0.2, 0.25) is 0 Å². The van der Waals surface area contributed by atoms with E-state index < -0.39 is 29.8 Å². The summed E-state index contributed by atoms with van der Waals surface area (Å²) in [5.74, 6) is -0.780. The molecule has 1 aliphatic rings. The minimum atomic E-state index is -4.42. The summed E-state index contributed by atoms with van der Waals surface area (Å²) in [7, 11) is 0. The standard InChI is InChI=1S/C25H34F3N5O3S/c1-7-17(25(26,27)28)31-18-11-13(2)16(12-29-18)20-19(23(35)33-10-8-9-14(33)3)32-22(37-20)21(34)30-15(4)24(5,6)36/h11-12,14-15,17,36H,7-10H2,1-6H3,(H,29,31)(H,30,34)/t14-,15-,17+/m0/s1. The number of hydrogen-bond acceptors (Lipinski definition) is 7. The number of rotatable bonds is 8. The van der Waals surface area contributed by atoms with Crippen LogP contribution in [0.1, 0.15) is 79.7 Å². The van der Waals surface area contributed by atoms with Crippen molar-refractivity contribution in [3.05, 3.63) is 28.5 Å². The van der Waals surface area contributed by atoms with Gasteiger partial charge in [0, 0.05) is 24.3 Å². The number of carbonyl (C=O) groups excluding carboxylic acids is 2. The maximum atomic E-state index is 13.5. The molecule has 0 saturated carbocycles. The smallest absolute Gasteiger partial charge is 0.388 e. The highest BCUT2D eigenvalue weighted by Gasteiger charge is 2.38. The van der Waals surface area contributed by atoms with E-state index in [-0.39, 0.29) is 34.9 Å². The Bertz CT molecular complexity index is 1150. The molecule has 37 heavy (non-hydrogen) atoms. The Hall–Kier alpha value is -2.73. The number of likely N-dealkylation sites (tertiary alicyclic amines) is 1. The van der Waals surface area contributed by atoms with Gasteiger partial charge in [-0.25, -0.2) is 9.97 Å². The summed E-state index contributed by atoms with van der Waals surface area (Å²) in [6, 6.07) is -0.810. The SMILES string of the molecule is CC[C@@H](Nc1cc(C)c(-c2sc(C(=O)N[C@@H](C)C(C)(C)O)nc2C(=O)N2CCC[C@@H]2C)cn1)C(F)(F)F. The van der Waals surface area contributed by atoms with Gasteiger partial charge in [0.25, 0.3) is 11.8 Å². The Morgan fingerprint density at radius 3 is 2.51 bits per heavy atom. The number of anilines is 1. The van der Waals surface area contributed by atoms with Gasteiger partial charge in [-0.2, -0.15) is 13.2 Å². The van der Waals surface area contributed by atoms with Crippen molar-refractivity contribution < 1.29 is 27.9 Å². The van der Waals surface area contributed by atoms with Crippen LogP contribution in [0.3, 0.4) is 0 Å². The number of alkyl halides is 3. The first-order chi connectivity index (χ1) is 17.1. The molecular formula is C25H34F3N5O3S. The average Bonchev–Trinajstić information content (AvgIpc) is 3.42. The van der Waals surface area contributed by atoms with E-state index in [0.29, 0.717) is 22.5 Å². The van der Waals surface area contributed by atoms with Crippen molar-refractivity contribution in [2.75, 3.05) is 11.9 Å². The molecule has 3 N–H and O–H groups in total. The number of nitrogens with zero attached hydrogens (tertiary/aromatic N) is 3. The molecule has 2 aromatic heterocycles. The van der Waals surface area contributed by atoms with Gasteiger partial charge in [0.15, 0.2) is 5.01 Å². The molecule has 3 heterocycles. The number of aliphatic hydroxyl groups is 1. The molecule has 1 saturated heterocycles. The van der Waals surface area contributed by atoms with Crippen molar-refractivity contribution in [3.8, 4) is 10.4 Å². The molecular weight excluding hydrogens is 507 g/mol. The molecule has 3 rings (SSSR count). The topological polar surface area (TPSA) is 107 Å². The van der Waals surface area contributed by atoms with Crippen LogP contribution in [0.4, 0.5) is 19.0 Å². The second-order valence-corrected chi connectivity index (χ2v) is 11.1. The Kier molecular flexibility index (Phi) is 8.53. The van der Waals surface area contributed by atoms with E-state index in [0.717, 1.165) is 24.2 Å². The summed E-state index contributed by atoms with van der Waals surface area (Å²) in [6.45, 7) is 10.5. The number of thiazole rings is 1. The Balaban J connectivity index is 2.01. The van der Waals surface area contributed by atoms with E-state index in [1.165, 1.54) is 19.2 Å². The van der Waals surface area contributed by atoms with Gasteiger partial charge in [-0.3, -0.25) is 9.59 Å². The van der Waals surface area contributed by atoms with Crippen molar-refractivity contribution in [1.82, 2.24) is 20.2 Å². The maximum Gasteiger partial charge on any atom is 0.408 e. The van der Waals surface area contributed by atoms with Gasteiger partial charge >= 0.3 is 6.18 Å². The monoisotopic (exact) mass is 541 g/mol. The van der Waals surface area contributed by atoms with E-state index >= 15 is 0 Å². The van der Waals surface area contributed by atoms with Crippen molar-refractivity contribution >= 4 is 29.0 Å². The minimum absolute atomic E-state index is 0.0219. The number of hydrogen-bond donors (Lipinski definition) is 3. The van der Waals surface area contributed by atoms with Gasteiger partial charge in [-0.15, -0.1) is 11.3 Å². The lowest BCUT2D eigenvalue weighted by Crippen LogP contribution is -2.47. The van der Waals surface area contributed by atoms with Crippen molar-refractivity contribution in [1.29, 1.82) is 0 Å². The zero-order chi connectivity index (χ0) is 27.7. The molecule has 1 aliphatic heterocycles. The molecule has 0 spiro atoms. The summed E-state index contributed by atoms with van der Waals surface area (Å²) in [5, 5.41) is 15.4. The van der Waals surface area contributed by atoms with E-state index in [4.69, 9.17) is 0 Å². The predicted octanol–water partition coefficient (Wildman–Crippen LogP) is 4.78. The first kappa shape index (κ1) is 28.8. The predicted molar refractivity (Wildman–Crippen MR) is 137 cm³/mol. The fourth-order valence-electron chi connectivity index (χ4n) is 4.02. The third-order valence-corrected chi connectivity index (χ3v) is 7.81. The third-order valence-electron chi connectivity index (χ3n) is 6.73. The van der Waals surface area contributed by atoms with Gasteiger partial charge in [0.05, 0.1) is 16.5 Å². The van der Waals surface area contributed by atoms with Crippen LogP contribution < -0.4 is 10.6 Å². The number of halogens is 3. The van der Waals surface area contributed by atoms with Crippen LogP contribution in [0, 0.1) is 6.92 Å². The lowest BCUT2D eigenvalue weighted by molar-refractivity contribution is -0.142. The molecule has 0 bridgehead atoms. The number of amides is 2. The summed E-state index contributed by atoms with van der Waals surface area (Å²) in [5.41, 5.74) is 0.0220. The molecule has 2 amide bonds. The Labute approximate surface area is 218 Å². The van der Waals surface area contributed by atoms with E-state index in [2.05, 4.69) is 20.6 Å². The zero-order valence-electron chi connectivity index (χ0n) is 21.9. The minimum Gasteiger partial charge on any atom is -0.388 e. The van der Waals surface area contributed by atoms with Crippen LogP contribution in [0.25, 0.3) is 10.4 Å². The third kappa shape index (κ3) is 6.59. The Morgan fingerprint density at radius 1 is 1.32 bits per heavy atom. The Morgan fingerprint density at radius 2 is 2.00 bits per heavy atom. The normalized spacial score (nSPS) is 18.0. The average molecular weight is 542 g/mol. The fraction of sp³-hybridized carbons (Fsp3) is 0.600. The van der Waals surface area contributed by atoms with Crippen LogP contribution in [-0.2, 0) is 0 Å². The van der Waals surface area contributed by atoms with Gasteiger partial charge < -0.3 is 20.6 Å². The zero-order valence-corrected chi connectivity index (χ0v) is 22.7. The highest BCUT2D eigenvalue weighted by atomic mass is 32.1. The lowest BCUT2D eigenvalue weighted by atomic mass is 10.0. The first-order valence-electron chi connectivity index (χ1n) is 12.3. The summed E-state index contributed by atoms with van der Waals surface area (Å²) >= 11 is 1.01. The van der Waals surface area contributed by atoms with Crippen molar-refractivity contribution in [2.24, 2.45) is 0 Å². The van der Waals surface area contributed by atoms with Crippen molar-refractivity contribution in [2.45, 2.75) is 90.7 Å². The first-order valence-corrected chi connectivity index (χ1v) is 13.1. The number of carbonyl (C=O) groups is 2. The summed E-state index contributed by atoms with van der Waals surface area (Å²) in [4.78, 5) is 37.2. The number of aryl methyl sites for hydroxylation is 1. The summed E-state index contributed by atoms with van der Waals surface area (Å²) < 4.78 is 39.7. The second kappa shape index (κ2) is 10.9. The molecule has 0 aliphatic carbocycles. The van der Waals surface area contributed by atoms with Gasteiger partial charge in [0.1, 0.15) is 17.6 Å². The maximum absolute atomic E-state index is 13.5. The van der Waals surface area contributed by atoms with Crippen LogP contribution in [0.15, 0.2) is 12.3 Å². The molecule has 8 nitrogen and oxygen atoms in total. The van der Waals surface area contributed by atoms with Gasteiger partial charge in [-0.05, 0) is 65.5 Å². The molecule has 12 heteroatoms. The van der Waals surface area contributed by atoms with Gasteiger partial charge in [0.2, 0.25) is 0 Å². The molecule has 0 radical (unpaired) electrons. The molecule has 0 unspecified atom stereocenters. The van der Waals surface area contributed by atoms with E-state index in [9.17, 15) is 27.9 Å². The largest absolute Gasteiger partial charge is 0.408 e. The van der Waals surface area contributed by atoms with Crippen molar-refractivity contribution in [3.63, 3.8) is 0 Å². The van der Waals surface area contributed by atoms with Crippen LogP contribution in [-0.4, -0.2) is 68.2 Å². The van der Waals surface area contributed by atoms with Crippen LogP contribution >= 0.6 is 11.3 Å². The molecule has 1 fully saturated rings. The molecule has 0 aromatic carbocycles. The van der Waals surface area contributed by atoms with Gasteiger partial charge in [-0.1, -0.05) is 6.92 Å². The molecule has 204 valence electrons. The number of nitrogens with one attached hydrogen (secondary N) is 2. The van der Waals surface area contributed by atoms with Crippen LogP contribution in [0.5, 0.6) is 0 Å². The highest BCUT2D eigenvalue weighted by Crippen LogP contribution is 2.36. The van der Waals surface area contributed by atoms with E-state index in [1.807, 2.05) is 6.92 Å². The summed E-state index contributed by atoms with van der Waals surface area (Å²) in [6.07, 6.45) is -1.45. The lowest BCUT2D eigenvalue weighted by Gasteiger charge is -2.26. The highest BCUT2D eigenvalue weighted by molar-refractivity contribution is 7.17. The number of aromatic nitrogens is 2. The quantitative estimate of drug-likeness (QED) is 0.444. The van der Waals surface area contributed by atoms with E-state index in [1.54, 1.807) is 32.6 Å². The molecule has 3 atom stereocenters. The fourth-order valence-corrected chi connectivity index (χ4v) is 5.05. The number of pyridine rings is 1. The second-order valence-electron chi connectivity index (χ2n) is 10.1. The molecule has 2 aromatic rings.